The van der Waals surface area contributed by atoms with Gasteiger partial charge >= 0.3 is 5.97 Å². The minimum atomic E-state index is -1.02. The van der Waals surface area contributed by atoms with Crippen molar-refractivity contribution in [1.82, 2.24) is 0 Å². The van der Waals surface area contributed by atoms with E-state index in [0.29, 0.717) is 5.56 Å². The van der Waals surface area contributed by atoms with Crippen molar-refractivity contribution >= 4 is 28.0 Å². The van der Waals surface area contributed by atoms with Crippen molar-refractivity contribution in [2.24, 2.45) is 0 Å². The molecule has 1 aromatic carbocycles. The fraction of sp³-hybridized carbons (Fsp3) is 0.250. The Bertz CT molecular complexity index is 421. The highest BCUT2D eigenvalue weighted by molar-refractivity contribution is 9.09. The zero-order chi connectivity index (χ0) is 12.8. The molecule has 0 spiro atoms. The molecule has 92 valence electrons. The topological polar surface area (TPSA) is 26.3 Å². The van der Waals surface area contributed by atoms with Gasteiger partial charge in [0.1, 0.15) is 17.2 Å². The third-order valence-electron chi connectivity index (χ3n) is 2.04. The molecule has 0 fully saturated rings. The molecule has 0 amide bonds. The number of esters is 1. The molecule has 0 heterocycles. The molecule has 1 rings (SSSR count). The zero-order valence-electron chi connectivity index (χ0n) is 9.17. The van der Waals surface area contributed by atoms with Crippen LogP contribution in [0, 0.1) is 11.6 Å². The number of halogens is 3. The predicted octanol–water partition coefficient (Wildman–Crippen LogP) is 3.55. The molecular formula is C12H11BrF2O2. The summed E-state index contributed by atoms with van der Waals surface area (Å²) < 4.78 is 31.2. The molecule has 5 heteroatoms. The van der Waals surface area contributed by atoms with Gasteiger partial charge < -0.3 is 4.74 Å². The van der Waals surface area contributed by atoms with Gasteiger partial charge in [0, 0.05) is 5.33 Å². The molecule has 0 aliphatic heterocycles. The summed E-state index contributed by atoms with van der Waals surface area (Å²) in [6.45, 7) is 0. The maximum absolute atomic E-state index is 13.5. The molecule has 0 aromatic heterocycles. The van der Waals surface area contributed by atoms with Crippen LogP contribution in [-0.4, -0.2) is 18.4 Å². The summed E-state index contributed by atoms with van der Waals surface area (Å²) in [6.07, 6.45) is 4.12. The van der Waals surface area contributed by atoms with Gasteiger partial charge in [0.05, 0.1) is 7.11 Å². The number of allylic oxidation sites excluding steroid dienone is 1. The number of rotatable bonds is 4. The molecule has 0 radical (unpaired) electrons. The molecule has 0 aliphatic rings. The third-order valence-corrected chi connectivity index (χ3v) is 2.50. The smallest absolute Gasteiger partial charge is 0.343 e. The van der Waals surface area contributed by atoms with Crippen LogP contribution in [-0.2, 0) is 4.74 Å². The van der Waals surface area contributed by atoms with Crippen molar-refractivity contribution in [2.45, 2.75) is 6.42 Å². The fourth-order valence-corrected chi connectivity index (χ4v) is 1.53. The maximum Gasteiger partial charge on any atom is 0.343 e. The van der Waals surface area contributed by atoms with Gasteiger partial charge in [-0.3, -0.25) is 0 Å². The second-order valence-electron chi connectivity index (χ2n) is 3.23. The number of hydrogen-bond donors (Lipinski definition) is 0. The largest absolute Gasteiger partial charge is 0.465 e. The van der Waals surface area contributed by atoms with Crippen LogP contribution in [0.5, 0.6) is 0 Å². The van der Waals surface area contributed by atoms with Crippen LogP contribution in [0.3, 0.4) is 0 Å². The van der Waals surface area contributed by atoms with Crippen molar-refractivity contribution in [2.75, 3.05) is 12.4 Å². The summed E-state index contributed by atoms with van der Waals surface area (Å²) >= 11 is 3.23. The van der Waals surface area contributed by atoms with Crippen LogP contribution in [0.15, 0.2) is 18.2 Å². The summed E-state index contributed by atoms with van der Waals surface area (Å²) in [7, 11) is 1.07. The number of benzene rings is 1. The first-order chi connectivity index (χ1) is 8.10. The van der Waals surface area contributed by atoms with E-state index in [1.165, 1.54) is 0 Å². The van der Waals surface area contributed by atoms with E-state index >= 15 is 0 Å². The van der Waals surface area contributed by atoms with Crippen molar-refractivity contribution in [3.8, 4) is 0 Å². The molecule has 17 heavy (non-hydrogen) atoms. The summed E-state index contributed by atoms with van der Waals surface area (Å²) in [5, 5.41) is 0.773. The Morgan fingerprint density at radius 3 is 2.47 bits per heavy atom. The van der Waals surface area contributed by atoms with Gasteiger partial charge in [0.25, 0.3) is 0 Å². The van der Waals surface area contributed by atoms with E-state index in [-0.39, 0.29) is 0 Å². The summed E-state index contributed by atoms with van der Waals surface area (Å²) in [5.74, 6) is -2.86. The monoisotopic (exact) mass is 304 g/mol. The lowest BCUT2D eigenvalue weighted by Crippen LogP contribution is -2.08. The third kappa shape index (κ3) is 3.63. The minimum Gasteiger partial charge on any atom is -0.465 e. The molecule has 0 N–H and O–H groups in total. The van der Waals surface area contributed by atoms with Gasteiger partial charge in [-0.15, -0.1) is 0 Å². The molecule has 0 bridgehead atoms. The molecule has 0 atom stereocenters. The number of carbonyl (C=O) groups excluding carboxylic acids is 1. The normalized spacial score (nSPS) is 10.8. The van der Waals surface area contributed by atoms with Crippen molar-refractivity contribution in [1.29, 1.82) is 0 Å². The van der Waals surface area contributed by atoms with Crippen molar-refractivity contribution in [3.63, 3.8) is 0 Å². The van der Waals surface area contributed by atoms with Crippen molar-refractivity contribution in [3.05, 3.63) is 41.0 Å². The second-order valence-corrected chi connectivity index (χ2v) is 4.02. The molecule has 2 nitrogen and oxygen atoms in total. The average molecular weight is 305 g/mol. The Kier molecular flexibility index (Phi) is 5.28. The first-order valence-corrected chi connectivity index (χ1v) is 6.02. The molecule has 0 unspecified atom stereocenters. The molecule has 0 aliphatic carbocycles. The molecular weight excluding hydrogens is 294 g/mol. The first kappa shape index (κ1) is 13.8. The number of ether oxygens (including phenoxy) is 1. The van der Waals surface area contributed by atoms with E-state index < -0.39 is 23.2 Å². The number of methoxy groups -OCH3 is 1. The lowest BCUT2D eigenvalue weighted by molar-refractivity contribution is 0.0590. The van der Waals surface area contributed by atoms with E-state index in [0.717, 1.165) is 31.0 Å². The average Bonchev–Trinajstić information content (AvgIpc) is 2.28. The van der Waals surface area contributed by atoms with Crippen LogP contribution < -0.4 is 0 Å². The van der Waals surface area contributed by atoms with Crippen LogP contribution in [0.25, 0.3) is 6.08 Å². The Hall–Kier alpha value is -1.23. The lowest BCUT2D eigenvalue weighted by Gasteiger charge is -2.04. The lowest BCUT2D eigenvalue weighted by atomic mass is 10.1. The van der Waals surface area contributed by atoms with Crippen LogP contribution in [0.2, 0.25) is 0 Å². The van der Waals surface area contributed by atoms with Gasteiger partial charge in [0.15, 0.2) is 0 Å². The van der Waals surface area contributed by atoms with Gasteiger partial charge in [0.2, 0.25) is 0 Å². The molecule has 0 saturated heterocycles. The number of hydrogen-bond acceptors (Lipinski definition) is 2. The fourth-order valence-electron chi connectivity index (χ4n) is 1.27. The van der Waals surface area contributed by atoms with Crippen LogP contribution in [0.1, 0.15) is 22.3 Å². The van der Waals surface area contributed by atoms with Gasteiger partial charge in [-0.1, -0.05) is 28.1 Å². The van der Waals surface area contributed by atoms with Crippen LogP contribution >= 0.6 is 15.9 Å². The van der Waals surface area contributed by atoms with Gasteiger partial charge in [-0.2, -0.15) is 0 Å². The van der Waals surface area contributed by atoms with E-state index in [1.807, 2.05) is 0 Å². The predicted molar refractivity (Wildman–Crippen MR) is 65.1 cm³/mol. The highest BCUT2D eigenvalue weighted by Crippen LogP contribution is 2.17. The van der Waals surface area contributed by atoms with E-state index in [9.17, 15) is 13.6 Å². The quantitative estimate of drug-likeness (QED) is 0.628. The summed E-state index contributed by atoms with van der Waals surface area (Å²) in [5.41, 5.74) is -0.293. The highest BCUT2D eigenvalue weighted by Gasteiger charge is 2.18. The second kappa shape index (κ2) is 6.49. The zero-order valence-corrected chi connectivity index (χ0v) is 10.8. The number of carbonyl (C=O) groups is 1. The summed E-state index contributed by atoms with van der Waals surface area (Å²) in [6, 6.07) is 2.19. The Balaban J connectivity index is 3.05. The Labute approximate surface area is 106 Å². The van der Waals surface area contributed by atoms with Gasteiger partial charge in [-0.05, 0) is 24.1 Å². The molecule has 1 aromatic rings. The summed E-state index contributed by atoms with van der Waals surface area (Å²) in [4.78, 5) is 11.1. The van der Waals surface area contributed by atoms with E-state index in [2.05, 4.69) is 20.7 Å². The van der Waals surface area contributed by atoms with E-state index in [1.54, 1.807) is 12.2 Å². The number of alkyl halides is 1. The molecule has 0 saturated carbocycles. The van der Waals surface area contributed by atoms with Crippen molar-refractivity contribution < 1.29 is 18.3 Å². The van der Waals surface area contributed by atoms with E-state index in [4.69, 9.17) is 0 Å². The first-order valence-electron chi connectivity index (χ1n) is 4.90. The van der Waals surface area contributed by atoms with Gasteiger partial charge in [-0.25, -0.2) is 13.6 Å². The maximum atomic E-state index is 13.5. The van der Waals surface area contributed by atoms with Crippen LogP contribution in [0.4, 0.5) is 8.78 Å². The SMILES string of the molecule is COC(=O)c1c(F)cc(C=CCCBr)cc1F. The Morgan fingerprint density at radius 2 is 2.00 bits per heavy atom. The standard InChI is InChI=1S/C12H11BrF2O2/c1-17-12(16)11-9(14)6-8(7-10(11)15)4-2-3-5-13/h2,4,6-7H,3,5H2,1H3. The Morgan fingerprint density at radius 1 is 1.41 bits per heavy atom. The minimum absolute atomic E-state index is 0.369. The highest BCUT2D eigenvalue weighted by atomic mass is 79.9.